The van der Waals surface area contributed by atoms with Crippen LogP contribution in [0.4, 0.5) is 0 Å². The van der Waals surface area contributed by atoms with Gasteiger partial charge in [0, 0.05) is 24.0 Å². The molecule has 3 aromatic rings. The van der Waals surface area contributed by atoms with Crippen molar-refractivity contribution < 1.29 is 4.79 Å². The molecule has 0 saturated carbocycles. The smallest absolute Gasteiger partial charge is 0.279 e. The molecule has 0 saturated heterocycles. The highest BCUT2D eigenvalue weighted by Gasteiger charge is 2.18. The maximum atomic E-state index is 12.9. The van der Waals surface area contributed by atoms with Gasteiger partial charge >= 0.3 is 0 Å². The van der Waals surface area contributed by atoms with E-state index in [2.05, 4.69) is 18.1 Å². The zero-order chi connectivity index (χ0) is 19.0. The fourth-order valence-electron chi connectivity index (χ4n) is 3.43. The van der Waals surface area contributed by atoms with E-state index >= 15 is 0 Å². The molecule has 1 aliphatic rings. The normalized spacial score (nSPS) is 14.3. The number of carbonyl (C=O) groups excluding carboxylic acids is 1. The molecule has 5 heteroatoms. The van der Waals surface area contributed by atoms with Crippen molar-refractivity contribution in [3.05, 3.63) is 81.8 Å². The number of aryl methyl sites for hydroxylation is 1. The molecule has 27 heavy (non-hydrogen) atoms. The SMILES string of the molecule is CC1=CCN(C(=O)c2cccc(-n3nc(C)c4ccccc4c3=O)c2)CC1. The lowest BCUT2D eigenvalue weighted by Crippen LogP contribution is -2.34. The predicted molar refractivity (Wildman–Crippen MR) is 106 cm³/mol. The van der Waals surface area contributed by atoms with E-state index in [1.807, 2.05) is 30.0 Å². The van der Waals surface area contributed by atoms with Crippen molar-refractivity contribution in [1.82, 2.24) is 14.7 Å². The summed E-state index contributed by atoms with van der Waals surface area (Å²) in [5.41, 5.74) is 3.08. The van der Waals surface area contributed by atoms with Crippen molar-refractivity contribution in [3.8, 4) is 5.69 Å². The zero-order valence-electron chi connectivity index (χ0n) is 15.5. The van der Waals surface area contributed by atoms with E-state index in [1.165, 1.54) is 10.3 Å². The van der Waals surface area contributed by atoms with Crippen LogP contribution in [0.3, 0.4) is 0 Å². The van der Waals surface area contributed by atoms with Gasteiger partial charge < -0.3 is 4.90 Å². The third kappa shape index (κ3) is 3.16. The van der Waals surface area contributed by atoms with Gasteiger partial charge in [-0.15, -0.1) is 0 Å². The highest BCUT2D eigenvalue weighted by Crippen LogP contribution is 2.17. The molecule has 4 rings (SSSR count). The largest absolute Gasteiger partial charge is 0.335 e. The monoisotopic (exact) mass is 359 g/mol. The zero-order valence-corrected chi connectivity index (χ0v) is 15.5. The Morgan fingerprint density at radius 1 is 1.04 bits per heavy atom. The molecule has 0 N–H and O–H groups in total. The minimum Gasteiger partial charge on any atom is -0.335 e. The van der Waals surface area contributed by atoms with Crippen LogP contribution in [0.25, 0.3) is 16.5 Å². The van der Waals surface area contributed by atoms with Crippen molar-refractivity contribution in [1.29, 1.82) is 0 Å². The summed E-state index contributed by atoms with van der Waals surface area (Å²) >= 11 is 0. The van der Waals surface area contributed by atoms with E-state index in [0.29, 0.717) is 23.2 Å². The first kappa shape index (κ1) is 17.2. The van der Waals surface area contributed by atoms with Crippen LogP contribution in [0.1, 0.15) is 29.4 Å². The molecule has 0 atom stereocenters. The molecule has 0 aliphatic carbocycles. The van der Waals surface area contributed by atoms with Gasteiger partial charge in [-0.05, 0) is 44.5 Å². The highest BCUT2D eigenvalue weighted by molar-refractivity contribution is 5.95. The van der Waals surface area contributed by atoms with Gasteiger partial charge in [0.2, 0.25) is 0 Å². The van der Waals surface area contributed by atoms with Gasteiger partial charge in [0.1, 0.15) is 0 Å². The molecule has 0 radical (unpaired) electrons. The van der Waals surface area contributed by atoms with Crippen LogP contribution in [0.2, 0.25) is 0 Å². The summed E-state index contributed by atoms with van der Waals surface area (Å²) in [6, 6.07) is 14.6. The van der Waals surface area contributed by atoms with Gasteiger partial charge in [0.05, 0.1) is 16.8 Å². The number of hydrogen-bond donors (Lipinski definition) is 0. The standard InChI is InChI=1S/C22H21N3O2/c1-15-10-12-24(13-11-15)21(26)17-6-5-7-18(14-17)25-22(27)20-9-4-3-8-19(20)16(2)23-25/h3-10,14H,11-13H2,1-2H3. The number of benzene rings is 2. The molecule has 2 heterocycles. The van der Waals surface area contributed by atoms with Crippen molar-refractivity contribution in [2.45, 2.75) is 20.3 Å². The molecular formula is C22H21N3O2. The molecule has 0 bridgehead atoms. The summed E-state index contributed by atoms with van der Waals surface area (Å²) in [7, 11) is 0. The van der Waals surface area contributed by atoms with Crippen molar-refractivity contribution in [2.75, 3.05) is 13.1 Å². The minimum absolute atomic E-state index is 0.0221. The average Bonchev–Trinajstić information content (AvgIpc) is 2.71. The summed E-state index contributed by atoms with van der Waals surface area (Å²) in [5, 5.41) is 5.94. The van der Waals surface area contributed by atoms with E-state index in [4.69, 9.17) is 0 Å². The lowest BCUT2D eigenvalue weighted by atomic mass is 10.1. The van der Waals surface area contributed by atoms with Crippen molar-refractivity contribution in [2.24, 2.45) is 0 Å². The van der Waals surface area contributed by atoms with Gasteiger partial charge in [-0.1, -0.05) is 35.9 Å². The number of carbonyl (C=O) groups is 1. The minimum atomic E-state index is -0.183. The maximum absolute atomic E-state index is 12.9. The number of hydrogen-bond acceptors (Lipinski definition) is 3. The van der Waals surface area contributed by atoms with Crippen LogP contribution in [0.15, 0.2) is 65.0 Å². The summed E-state index contributed by atoms with van der Waals surface area (Å²) in [6.07, 6.45) is 2.99. The molecule has 5 nitrogen and oxygen atoms in total. The number of aromatic nitrogens is 2. The Labute approximate surface area is 157 Å². The second kappa shape index (κ2) is 6.83. The molecule has 2 aromatic carbocycles. The first-order valence-electron chi connectivity index (χ1n) is 9.08. The van der Waals surface area contributed by atoms with E-state index in [1.54, 1.807) is 30.3 Å². The third-order valence-corrected chi connectivity index (χ3v) is 5.05. The first-order chi connectivity index (χ1) is 13.0. The van der Waals surface area contributed by atoms with Crippen molar-refractivity contribution in [3.63, 3.8) is 0 Å². The number of rotatable bonds is 2. The third-order valence-electron chi connectivity index (χ3n) is 5.05. The molecule has 0 unspecified atom stereocenters. The molecular weight excluding hydrogens is 338 g/mol. The van der Waals surface area contributed by atoms with Gasteiger partial charge in [-0.25, -0.2) is 0 Å². The second-order valence-corrected chi connectivity index (χ2v) is 6.95. The Balaban J connectivity index is 1.75. The van der Waals surface area contributed by atoms with Crippen LogP contribution in [-0.2, 0) is 0 Å². The maximum Gasteiger partial charge on any atom is 0.279 e. The summed E-state index contributed by atoms with van der Waals surface area (Å²) in [5.74, 6) is -0.0221. The number of nitrogens with zero attached hydrogens (tertiary/aromatic N) is 3. The summed E-state index contributed by atoms with van der Waals surface area (Å²) in [6.45, 7) is 5.32. The Bertz CT molecular complexity index is 1130. The predicted octanol–water partition coefficient (Wildman–Crippen LogP) is 3.49. The Morgan fingerprint density at radius 2 is 1.81 bits per heavy atom. The fraction of sp³-hybridized carbons (Fsp3) is 0.227. The second-order valence-electron chi connectivity index (χ2n) is 6.95. The average molecular weight is 359 g/mol. The van der Waals surface area contributed by atoms with E-state index < -0.39 is 0 Å². The Kier molecular flexibility index (Phi) is 4.36. The topological polar surface area (TPSA) is 55.2 Å². The van der Waals surface area contributed by atoms with E-state index in [0.717, 1.165) is 24.0 Å². The Hall–Kier alpha value is -3.21. The molecule has 1 aliphatic heterocycles. The molecule has 136 valence electrons. The molecule has 1 aromatic heterocycles. The van der Waals surface area contributed by atoms with Gasteiger partial charge in [-0.3, -0.25) is 9.59 Å². The van der Waals surface area contributed by atoms with Gasteiger partial charge in [0.15, 0.2) is 0 Å². The van der Waals surface area contributed by atoms with Crippen LogP contribution >= 0.6 is 0 Å². The van der Waals surface area contributed by atoms with Crippen LogP contribution in [-0.4, -0.2) is 33.7 Å². The van der Waals surface area contributed by atoms with Gasteiger partial charge in [0.25, 0.3) is 11.5 Å². The van der Waals surface area contributed by atoms with Crippen LogP contribution in [0, 0.1) is 6.92 Å². The summed E-state index contributed by atoms with van der Waals surface area (Å²) < 4.78 is 1.38. The quantitative estimate of drug-likeness (QED) is 0.658. The van der Waals surface area contributed by atoms with Crippen molar-refractivity contribution >= 4 is 16.7 Å². The van der Waals surface area contributed by atoms with Gasteiger partial charge in [-0.2, -0.15) is 9.78 Å². The van der Waals surface area contributed by atoms with E-state index in [-0.39, 0.29) is 11.5 Å². The molecule has 0 fully saturated rings. The highest BCUT2D eigenvalue weighted by atomic mass is 16.2. The number of fused-ring (bicyclic) bond motifs is 1. The van der Waals surface area contributed by atoms with Crippen LogP contribution in [0.5, 0.6) is 0 Å². The number of amides is 1. The lowest BCUT2D eigenvalue weighted by Gasteiger charge is -2.25. The first-order valence-corrected chi connectivity index (χ1v) is 9.08. The van der Waals surface area contributed by atoms with Crippen LogP contribution < -0.4 is 5.56 Å². The molecule has 1 amide bonds. The molecule has 0 spiro atoms. The summed E-state index contributed by atoms with van der Waals surface area (Å²) in [4.78, 5) is 27.6. The van der Waals surface area contributed by atoms with E-state index in [9.17, 15) is 9.59 Å². The Morgan fingerprint density at radius 3 is 2.56 bits per heavy atom. The lowest BCUT2D eigenvalue weighted by molar-refractivity contribution is 0.0769. The fourth-order valence-corrected chi connectivity index (χ4v) is 3.43.